The van der Waals surface area contributed by atoms with Crippen molar-refractivity contribution in [2.45, 2.75) is 51.4 Å². The number of rotatable bonds is 8. The summed E-state index contributed by atoms with van der Waals surface area (Å²) in [5, 5.41) is 14.9. The lowest BCUT2D eigenvalue weighted by Gasteiger charge is -2.34. The number of nitrogens with one attached hydrogen (secondary N) is 2. The molecule has 1 heterocycles. The van der Waals surface area contributed by atoms with Gasteiger partial charge in [0.1, 0.15) is 17.7 Å². The van der Waals surface area contributed by atoms with E-state index in [-0.39, 0.29) is 43.6 Å². The van der Waals surface area contributed by atoms with E-state index in [0.29, 0.717) is 17.0 Å². The monoisotopic (exact) mass is 582 g/mol. The number of halogens is 4. The number of carbonyl (C=O) groups is 3. The van der Waals surface area contributed by atoms with Crippen LogP contribution >= 0.6 is 0 Å². The number of aliphatic hydroxyl groups is 1. The molecule has 0 radical (unpaired) electrons. The molecule has 0 fully saturated rings. The third kappa shape index (κ3) is 9.34. The number of alkyl halides is 3. The van der Waals surface area contributed by atoms with Gasteiger partial charge in [-0.05, 0) is 49.4 Å². The number of amides is 4. The van der Waals surface area contributed by atoms with Crippen LogP contribution in [0, 0.1) is 11.7 Å². The number of likely N-dealkylation sites (N-methyl/N-ethyl adjacent to an activating group) is 1. The highest BCUT2D eigenvalue weighted by Crippen LogP contribution is 2.30. The van der Waals surface area contributed by atoms with Crippen LogP contribution in [0.25, 0.3) is 0 Å². The first-order valence-electron chi connectivity index (χ1n) is 13.1. The summed E-state index contributed by atoms with van der Waals surface area (Å²) in [6.45, 7) is 3.57. The Bertz CT molecular complexity index is 1220. The molecule has 4 amide bonds. The molecule has 2 aromatic rings. The summed E-state index contributed by atoms with van der Waals surface area (Å²) in [5.74, 6) is -1.57. The van der Waals surface area contributed by atoms with E-state index in [1.165, 1.54) is 52.3 Å². The summed E-state index contributed by atoms with van der Waals surface area (Å²) in [6, 6.07) is 8.76. The molecular formula is C28H34F4N4O5. The molecule has 0 saturated carbocycles. The average Bonchev–Trinajstić information content (AvgIpc) is 2.95. The van der Waals surface area contributed by atoms with E-state index in [9.17, 15) is 37.1 Å². The largest absolute Gasteiger partial charge is 0.488 e. The van der Waals surface area contributed by atoms with E-state index in [2.05, 4.69) is 10.6 Å². The van der Waals surface area contributed by atoms with Gasteiger partial charge in [0.15, 0.2) is 0 Å². The zero-order valence-electron chi connectivity index (χ0n) is 23.0. The first kappa shape index (κ1) is 31.7. The van der Waals surface area contributed by atoms with Crippen LogP contribution < -0.4 is 15.4 Å². The Kier molecular flexibility index (Phi) is 10.5. The predicted molar refractivity (Wildman–Crippen MR) is 144 cm³/mol. The summed E-state index contributed by atoms with van der Waals surface area (Å²) in [5.41, 5.74) is 0.986. The Labute approximate surface area is 235 Å². The zero-order chi connectivity index (χ0) is 30.3. The molecule has 224 valence electrons. The number of nitrogens with zero attached hydrogens (tertiary/aromatic N) is 2. The number of urea groups is 1. The number of hydrogen-bond donors (Lipinski definition) is 3. The number of aliphatic hydroxyl groups excluding tert-OH is 1. The third-order valence-electron chi connectivity index (χ3n) is 6.73. The number of benzene rings is 2. The lowest BCUT2D eigenvalue weighted by Crippen LogP contribution is -2.48. The summed E-state index contributed by atoms with van der Waals surface area (Å²) >= 11 is 0. The van der Waals surface area contributed by atoms with Gasteiger partial charge in [0.2, 0.25) is 11.8 Å². The van der Waals surface area contributed by atoms with Crippen molar-refractivity contribution >= 4 is 29.2 Å². The fourth-order valence-corrected chi connectivity index (χ4v) is 4.31. The van der Waals surface area contributed by atoms with Crippen molar-refractivity contribution in [3.63, 3.8) is 0 Å². The summed E-state index contributed by atoms with van der Waals surface area (Å²) in [4.78, 5) is 41.1. The molecule has 3 rings (SSSR count). The zero-order valence-corrected chi connectivity index (χ0v) is 23.0. The number of ether oxygens (including phenoxy) is 1. The van der Waals surface area contributed by atoms with Crippen molar-refractivity contribution in [1.29, 1.82) is 0 Å². The molecule has 13 heteroatoms. The Morgan fingerprint density at radius 3 is 2.44 bits per heavy atom. The molecule has 0 spiro atoms. The lowest BCUT2D eigenvalue weighted by molar-refractivity contribution is -0.142. The van der Waals surface area contributed by atoms with E-state index in [1.54, 1.807) is 14.0 Å². The minimum atomic E-state index is -4.47. The van der Waals surface area contributed by atoms with E-state index in [4.69, 9.17) is 4.74 Å². The molecule has 0 aliphatic carbocycles. The number of anilines is 2. The van der Waals surface area contributed by atoms with Crippen molar-refractivity contribution in [3.05, 3.63) is 53.8 Å². The molecule has 9 nitrogen and oxygen atoms in total. The normalized spacial score (nSPS) is 18.2. The fraction of sp³-hybridized carbons (Fsp3) is 0.464. The van der Waals surface area contributed by atoms with Gasteiger partial charge in [-0.15, -0.1) is 0 Å². The first-order chi connectivity index (χ1) is 19.3. The number of hydrogen-bond acceptors (Lipinski definition) is 5. The van der Waals surface area contributed by atoms with Gasteiger partial charge in [0.25, 0.3) is 0 Å². The van der Waals surface area contributed by atoms with Crippen LogP contribution in [0.3, 0.4) is 0 Å². The van der Waals surface area contributed by atoms with E-state index >= 15 is 0 Å². The maximum Gasteiger partial charge on any atom is 0.389 e. The van der Waals surface area contributed by atoms with Gasteiger partial charge in [0.05, 0.1) is 32.0 Å². The van der Waals surface area contributed by atoms with Crippen molar-refractivity contribution in [2.75, 3.05) is 37.4 Å². The Hall–Kier alpha value is -3.87. The molecule has 1 aliphatic heterocycles. The van der Waals surface area contributed by atoms with E-state index < -0.39 is 48.9 Å². The van der Waals surface area contributed by atoms with Crippen LogP contribution in [0.15, 0.2) is 42.5 Å². The van der Waals surface area contributed by atoms with E-state index in [1.807, 2.05) is 6.92 Å². The van der Waals surface area contributed by atoms with Gasteiger partial charge in [0, 0.05) is 42.9 Å². The van der Waals surface area contributed by atoms with Crippen molar-refractivity contribution in [2.24, 2.45) is 5.92 Å². The summed E-state index contributed by atoms with van der Waals surface area (Å²) < 4.78 is 57.1. The van der Waals surface area contributed by atoms with Crippen molar-refractivity contribution < 1.29 is 41.8 Å². The topological polar surface area (TPSA) is 111 Å². The second-order valence-electron chi connectivity index (χ2n) is 10.2. The third-order valence-corrected chi connectivity index (χ3v) is 6.73. The minimum absolute atomic E-state index is 0.0963. The number of carbonyl (C=O) groups excluding carboxylic acids is 3. The Balaban J connectivity index is 1.84. The van der Waals surface area contributed by atoms with Crippen LogP contribution in [0.5, 0.6) is 5.75 Å². The highest BCUT2D eigenvalue weighted by atomic mass is 19.4. The van der Waals surface area contributed by atoms with Crippen LogP contribution in [0.1, 0.15) is 32.3 Å². The predicted octanol–water partition coefficient (Wildman–Crippen LogP) is 4.42. The highest BCUT2D eigenvalue weighted by molar-refractivity contribution is 5.91. The minimum Gasteiger partial charge on any atom is -0.488 e. The molecule has 0 unspecified atom stereocenters. The smallest absolute Gasteiger partial charge is 0.389 e. The molecule has 0 aromatic heterocycles. The number of fused-ring (bicyclic) bond motifs is 1. The molecule has 1 aliphatic rings. The quantitative estimate of drug-likeness (QED) is 0.399. The Morgan fingerprint density at radius 2 is 1.80 bits per heavy atom. The fourth-order valence-electron chi connectivity index (χ4n) is 4.31. The second kappa shape index (κ2) is 13.7. The van der Waals surface area contributed by atoms with Crippen LogP contribution in [-0.2, 0) is 16.0 Å². The average molecular weight is 583 g/mol. The maximum atomic E-state index is 13.3. The maximum absolute atomic E-state index is 13.3. The van der Waals surface area contributed by atoms with E-state index in [0.717, 1.165) is 0 Å². The van der Waals surface area contributed by atoms with Gasteiger partial charge in [-0.2, -0.15) is 13.2 Å². The highest BCUT2D eigenvalue weighted by Gasteiger charge is 2.32. The summed E-state index contributed by atoms with van der Waals surface area (Å²) in [6.07, 6.45) is -7.25. The lowest BCUT2D eigenvalue weighted by atomic mass is 10.0. The van der Waals surface area contributed by atoms with Gasteiger partial charge >= 0.3 is 12.2 Å². The molecule has 2 aromatic carbocycles. The molecule has 0 bridgehead atoms. The Morgan fingerprint density at radius 1 is 1.15 bits per heavy atom. The molecule has 0 saturated heterocycles. The second-order valence-corrected chi connectivity index (χ2v) is 10.2. The van der Waals surface area contributed by atoms with Crippen LogP contribution in [-0.4, -0.2) is 77.8 Å². The molecule has 3 atom stereocenters. The van der Waals surface area contributed by atoms with Crippen molar-refractivity contribution in [3.8, 4) is 5.75 Å². The van der Waals surface area contributed by atoms with Crippen LogP contribution in [0.4, 0.5) is 33.7 Å². The molecular weight excluding hydrogens is 548 g/mol. The van der Waals surface area contributed by atoms with Gasteiger partial charge < -0.3 is 30.3 Å². The van der Waals surface area contributed by atoms with Crippen LogP contribution in [0.2, 0.25) is 0 Å². The molecule has 3 N–H and O–H groups in total. The first-order valence-corrected chi connectivity index (χ1v) is 13.1. The summed E-state index contributed by atoms with van der Waals surface area (Å²) in [7, 11) is 1.56. The van der Waals surface area contributed by atoms with Gasteiger partial charge in [-0.3, -0.25) is 9.59 Å². The molecule has 41 heavy (non-hydrogen) atoms. The van der Waals surface area contributed by atoms with Gasteiger partial charge in [-0.1, -0.05) is 6.92 Å². The standard InChI is InChI=1S/C28H34F4N4O5/c1-17-14-36(18(2)16-37)26(39)13-19-12-22(33-25(38)10-11-28(30,31)32)8-9-23(19)41-24(17)15-35(3)27(40)34-21-6-4-20(29)5-7-21/h4-9,12,17-18,24,37H,10-11,13-16H2,1-3H3,(H,33,38)(H,34,40)/t17-,18-,24+/m0/s1. The SMILES string of the molecule is C[C@H]1CN([C@@H](C)CO)C(=O)Cc2cc(NC(=O)CCC(F)(F)F)ccc2O[C@@H]1CN(C)C(=O)Nc1ccc(F)cc1. The van der Waals surface area contributed by atoms with Crippen molar-refractivity contribution in [1.82, 2.24) is 9.80 Å². The van der Waals surface area contributed by atoms with Gasteiger partial charge in [-0.25, -0.2) is 9.18 Å².